The zero-order valence-corrected chi connectivity index (χ0v) is 18.5. The van der Waals surface area contributed by atoms with Crippen molar-refractivity contribution in [1.29, 1.82) is 0 Å². The lowest BCUT2D eigenvalue weighted by Gasteiger charge is -2.14. The fourth-order valence-corrected chi connectivity index (χ4v) is 4.60. The highest BCUT2D eigenvalue weighted by molar-refractivity contribution is 6.58. The van der Waals surface area contributed by atoms with Gasteiger partial charge in [0.15, 0.2) is 37.9 Å². The minimum atomic E-state index is -1.52. The standard InChI is InChI=1S/C26H24B2N2O4/c31-27(32)19-7-5-13-29(15-19)17-25-21-9-1-2-10-22(21)26(24-12-4-3-11-23(24)25)18-30-14-6-8-20(16-30)28(33)34/h1-16,31-34H,17-18H2/q+2. The Labute approximate surface area is 197 Å². The molecule has 5 aromatic rings. The normalized spacial score (nSPS) is 11.2. The zero-order chi connectivity index (χ0) is 23.7. The first-order chi connectivity index (χ1) is 16.5. The molecule has 0 aliphatic carbocycles. The maximum atomic E-state index is 9.60. The average molecular weight is 450 g/mol. The van der Waals surface area contributed by atoms with Gasteiger partial charge in [0.2, 0.25) is 0 Å². The lowest BCUT2D eigenvalue weighted by Crippen LogP contribution is -2.42. The zero-order valence-electron chi connectivity index (χ0n) is 18.5. The second kappa shape index (κ2) is 9.37. The summed E-state index contributed by atoms with van der Waals surface area (Å²) in [7, 11) is -3.04. The van der Waals surface area contributed by atoms with Gasteiger partial charge in [-0.3, -0.25) is 0 Å². The Bertz CT molecular complexity index is 1320. The Hall–Kier alpha value is -3.55. The predicted molar refractivity (Wildman–Crippen MR) is 133 cm³/mol. The first kappa shape index (κ1) is 22.3. The number of rotatable bonds is 6. The summed E-state index contributed by atoms with van der Waals surface area (Å²) in [5.41, 5.74) is 3.17. The smallest absolute Gasteiger partial charge is 0.423 e. The van der Waals surface area contributed by atoms with E-state index in [0.29, 0.717) is 24.0 Å². The Kier molecular flexibility index (Phi) is 6.13. The molecule has 166 valence electrons. The number of benzene rings is 3. The van der Waals surface area contributed by atoms with Crippen LogP contribution in [0.25, 0.3) is 21.5 Å². The van der Waals surface area contributed by atoms with E-state index in [0.717, 1.165) is 32.7 Å². The average Bonchev–Trinajstić information content (AvgIpc) is 2.86. The topological polar surface area (TPSA) is 88.7 Å². The third-order valence-corrected chi connectivity index (χ3v) is 6.19. The first-order valence-electron chi connectivity index (χ1n) is 11.1. The van der Waals surface area contributed by atoms with Crippen molar-refractivity contribution in [3.8, 4) is 0 Å². The van der Waals surface area contributed by atoms with Gasteiger partial charge < -0.3 is 20.1 Å². The van der Waals surface area contributed by atoms with E-state index >= 15 is 0 Å². The monoisotopic (exact) mass is 450 g/mol. The summed E-state index contributed by atoms with van der Waals surface area (Å²) in [5.74, 6) is 0. The van der Waals surface area contributed by atoms with E-state index in [1.165, 1.54) is 0 Å². The molecule has 0 amide bonds. The Morgan fingerprint density at radius 2 is 0.853 bits per heavy atom. The number of hydrogen-bond acceptors (Lipinski definition) is 4. The predicted octanol–water partition coefficient (Wildman–Crippen LogP) is 0.0242. The largest absolute Gasteiger partial charge is 0.494 e. The Morgan fingerprint density at radius 3 is 1.18 bits per heavy atom. The molecular formula is C26H24B2N2O4+2. The van der Waals surface area contributed by atoms with Crippen molar-refractivity contribution >= 4 is 46.7 Å². The Morgan fingerprint density at radius 1 is 0.500 bits per heavy atom. The van der Waals surface area contributed by atoms with Crippen LogP contribution in [-0.4, -0.2) is 34.3 Å². The van der Waals surface area contributed by atoms with E-state index in [4.69, 9.17) is 0 Å². The van der Waals surface area contributed by atoms with Crippen LogP contribution in [0.1, 0.15) is 11.1 Å². The lowest BCUT2D eigenvalue weighted by atomic mass is 9.81. The molecule has 0 aliphatic heterocycles. The molecule has 0 aliphatic rings. The number of pyridine rings is 2. The molecule has 0 saturated heterocycles. The molecular weight excluding hydrogens is 426 g/mol. The van der Waals surface area contributed by atoms with Gasteiger partial charge in [0.1, 0.15) is 0 Å². The van der Waals surface area contributed by atoms with Gasteiger partial charge in [-0.05, 0) is 21.5 Å². The molecule has 0 radical (unpaired) electrons. The fraction of sp³-hybridized carbons (Fsp3) is 0.0769. The van der Waals surface area contributed by atoms with E-state index in [9.17, 15) is 20.1 Å². The van der Waals surface area contributed by atoms with Gasteiger partial charge in [0.25, 0.3) is 0 Å². The van der Waals surface area contributed by atoms with Gasteiger partial charge in [-0.15, -0.1) is 0 Å². The van der Waals surface area contributed by atoms with Crippen molar-refractivity contribution in [3.05, 3.63) is 109 Å². The highest BCUT2D eigenvalue weighted by Crippen LogP contribution is 2.32. The fourth-order valence-electron chi connectivity index (χ4n) is 4.60. The second-order valence-electron chi connectivity index (χ2n) is 8.41. The van der Waals surface area contributed by atoms with Gasteiger partial charge in [-0.1, -0.05) is 60.7 Å². The summed E-state index contributed by atoms with van der Waals surface area (Å²) in [6.45, 7) is 1.14. The summed E-state index contributed by atoms with van der Waals surface area (Å²) in [4.78, 5) is 0. The third-order valence-electron chi connectivity index (χ3n) is 6.19. The summed E-state index contributed by atoms with van der Waals surface area (Å²) in [6.07, 6.45) is 7.35. The van der Waals surface area contributed by atoms with Crippen molar-refractivity contribution in [2.45, 2.75) is 13.1 Å². The van der Waals surface area contributed by atoms with Crippen LogP contribution in [0.15, 0.2) is 97.6 Å². The molecule has 3 aromatic carbocycles. The SMILES string of the molecule is OB(O)c1ccc[n+](Cc2c3ccccc3c(C[n+]3cccc(B(O)O)c3)c3ccccc23)c1. The van der Waals surface area contributed by atoms with Gasteiger partial charge >= 0.3 is 14.2 Å². The van der Waals surface area contributed by atoms with Crippen LogP contribution in [0.2, 0.25) is 0 Å². The molecule has 0 fully saturated rings. The van der Waals surface area contributed by atoms with E-state index < -0.39 is 14.2 Å². The molecule has 2 heterocycles. The number of aromatic nitrogens is 2. The van der Waals surface area contributed by atoms with Crippen LogP contribution in [0.5, 0.6) is 0 Å². The minimum absolute atomic E-state index is 0.440. The van der Waals surface area contributed by atoms with Crippen molar-refractivity contribution < 1.29 is 29.2 Å². The van der Waals surface area contributed by atoms with E-state index in [1.54, 1.807) is 24.5 Å². The van der Waals surface area contributed by atoms with Crippen molar-refractivity contribution in [3.63, 3.8) is 0 Å². The van der Waals surface area contributed by atoms with Gasteiger partial charge in [-0.2, -0.15) is 0 Å². The van der Waals surface area contributed by atoms with Gasteiger partial charge in [0, 0.05) is 34.2 Å². The highest BCUT2D eigenvalue weighted by atomic mass is 16.4. The summed E-state index contributed by atoms with van der Waals surface area (Å²) >= 11 is 0. The van der Waals surface area contributed by atoms with Crippen LogP contribution in [0.3, 0.4) is 0 Å². The van der Waals surface area contributed by atoms with E-state index in [1.807, 2.05) is 57.9 Å². The van der Waals surface area contributed by atoms with Crippen molar-refractivity contribution in [2.24, 2.45) is 0 Å². The molecule has 0 atom stereocenters. The molecule has 2 aromatic heterocycles. The number of nitrogens with zero attached hydrogens (tertiary/aromatic N) is 2. The molecule has 0 unspecified atom stereocenters. The molecule has 0 bridgehead atoms. The highest BCUT2D eigenvalue weighted by Gasteiger charge is 2.21. The van der Waals surface area contributed by atoms with E-state index in [-0.39, 0.29) is 0 Å². The Balaban J connectivity index is 1.69. The van der Waals surface area contributed by atoms with Gasteiger partial charge in [-0.25, -0.2) is 9.13 Å². The first-order valence-corrected chi connectivity index (χ1v) is 11.1. The maximum Gasteiger partial charge on any atom is 0.494 e. The summed E-state index contributed by atoms with van der Waals surface area (Å²) in [6, 6.07) is 23.6. The van der Waals surface area contributed by atoms with Crippen LogP contribution in [0, 0.1) is 0 Å². The summed E-state index contributed by atoms with van der Waals surface area (Å²) < 4.78 is 3.92. The molecule has 34 heavy (non-hydrogen) atoms. The van der Waals surface area contributed by atoms with Crippen LogP contribution < -0.4 is 20.1 Å². The minimum Gasteiger partial charge on any atom is -0.423 e. The van der Waals surface area contributed by atoms with Crippen molar-refractivity contribution in [1.82, 2.24) is 0 Å². The van der Waals surface area contributed by atoms with Crippen LogP contribution in [-0.2, 0) is 13.1 Å². The van der Waals surface area contributed by atoms with Crippen molar-refractivity contribution in [2.75, 3.05) is 0 Å². The third kappa shape index (κ3) is 4.32. The summed E-state index contributed by atoms with van der Waals surface area (Å²) in [5, 5.41) is 42.9. The van der Waals surface area contributed by atoms with E-state index in [2.05, 4.69) is 24.3 Å². The molecule has 0 saturated carbocycles. The molecule has 4 N–H and O–H groups in total. The number of hydrogen-bond donors (Lipinski definition) is 4. The lowest BCUT2D eigenvalue weighted by molar-refractivity contribution is -0.687. The van der Waals surface area contributed by atoms with Gasteiger partial charge in [0.05, 0.1) is 0 Å². The molecule has 8 heteroatoms. The quantitative estimate of drug-likeness (QED) is 0.167. The number of fused-ring (bicyclic) bond motifs is 2. The molecule has 5 rings (SSSR count). The van der Waals surface area contributed by atoms with Crippen LogP contribution in [0.4, 0.5) is 0 Å². The van der Waals surface area contributed by atoms with Crippen LogP contribution >= 0.6 is 0 Å². The maximum absolute atomic E-state index is 9.60. The molecule has 6 nitrogen and oxygen atoms in total. The molecule has 0 spiro atoms. The second-order valence-corrected chi connectivity index (χ2v) is 8.41.